The van der Waals surface area contributed by atoms with Crippen molar-refractivity contribution in [2.75, 3.05) is 32.0 Å². The fourth-order valence-corrected chi connectivity index (χ4v) is 2.70. The maximum absolute atomic E-state index is 5.91. The van der Waals surface area contributed by atoms with Crippen LogP contribution in [0.5, 0.6) is 0 Å². The molecule has 0 radical (unpaired) electrons. The highest BCUT2D eigenvalue weighted by molar-refractivity contribution is 9.10. The second kappa shape index (κ2) is 6.68. The number of halogens is 2. The summed E-state index contributed by atoms with van der Waals surface area (Å²) >= 11 is 9.30. The van der Waals surface area contributed by atoms with Crippen LogP contribution in [0.25, 0.3) is 0 Å². The maximum Gasteiger partial charge on any atom is 0.148 e. The number of nitrogens with one attached hydrogen (secondary N) is 1. The standard InChI is InChI=1S/C12H18BrClN4/c1-18-6-3-9(4-7-18)2-5-15-12-10(13)11(14)16-8-17-12/h8-9H,2-7H2,1H3,(H,15,16,17). The average molecular weight is 334 g/mol. The lowest BCUT2D eigenvalue weighted by molar-refractivity contribution is 0.215. The molecule has 0 amide bonds. The van der Waals surface area contributed by atoms with Gasteiger partial charge in [0.05, 0.1) is 4.47 Å². The van der Waals surface area contributed by atoms with Crippen LogP contribution in [0.4, 0.5) is 5.82 Å². The van der Waals surface area contributed by atoms with Crippen molar-refractivity contribution in [2.24, 2.45) is 5.92 Å². The van der Waals surface area contributed by atoms with E-state index in [0.717, 1.165) is 22.8 Å². The summed E-state index contributed by atoms with van der Waals surface area (Å²) in [5.41, 5.74) is 0. The Kier molecular flexibility index (Phi) is 5.21. The molecule has 0 aliphatic carbocycles. The van der Waals surface area contributed by atoms with Crippen molar-refractivity contribution in [2.45, 2.75) is 19.3 Å². The van der Waals surface area contributed by atoms with Crippen LogP contribution in [0.15, 0.2) is 10.8 Å². The van der Waals surface area contributed by atoms with Gasteiger partial charge in [-0.05, 0) is 61.2 Å². The van der Waals surface area contributed by atoms with Crippen molar-refractivity contribution >= 4 is 33.3 Å². The van der Waals surface area contributed by atoms with Crippen LogP contribution < -0.4 is 5.32 Å². The molecule has 0 bridgehead atoms. The van der Waals surface area contributed by atoms with Crippen LogP contribution in [0.3, 0.4) is 0 Å². The van der Waals surface area contributed by atoms with Gasteiger partial charge in [0.1, 0.15) is 17.3 Å². The molecule has 1 N–H and O–H groups in total. The largest absolute Gasteiger partial charge is 0.369 e. The summed E-state index contributed by atoms with van der Waals surface area (Å²) in [6.07, 6.45) is 5.25. The van der Waals surface area contributed by atoms with Gasteiger partial charge < -0.3 is 10.2 Å². The van der Waals surface area contributed by atoms with E-state index in [2.05, 4.69) is 43.2 Å². The smallest absolute Gasteiger partial charge is 0.148 e. The molecule has 1 aliphatic heterocycles. The first-order valence-electron chi connectivity index (χ1n) is 6.25. The molecule has 2 heterocycles. The highest BCUT2D eigenvalue weighted by atomic mass is 79.9. The molecule has 0 aromatic carbocycles. The van der Waals surface area contributed by atoms with Gasteiger partial charge in [-0.3, -0.25) is 0 Å². The Morgan fingerprint density at radius 3 is 2.89 bits per heavy atom. The van der Waals surface area contributed by atoms with Gasteiger partial charge in [0.25, 0.3) is 0 Å². The van der Waals surface area contributed by atoms with Crippen molar-refractivity contribution in [3.63, 3.8) is 0 Å². The minimum atomic E-state index is 0.451. The molecule has 1 fully saturated rings. The minimum Gasteiger partial charge on any atom is -0.369 e. The van der Waals surface area contributed by atoms with Crippen LogP contribution >= 0.6 is 27.5 Å². The molecule has 100 valence electrons. The van der Waals surface area contributed by atoms with Crippen molar-refractivity contribution in [1.82, 2.24) is 14.9 Å². The summed E-state index contributed by atoms with van der Waals surface area (Å²) in [7, 11) is 2.19. The first kappa shape index (κ1) is 14.0. The van der Waals surface area contributed by atoms with Gasteiger partial charge in [0, 0.05) is 6.54 Å². The summed E-state index contributed by atoms with van der Waals surface area (Å²) in [6, 6.07) is 0. The Morgan fingerprint density at radius 2 is 2.17 bits per heavy atom. The molecule has 0 atom stereocenters. The van der Waals surface area contributed by atoms with Gasteiger partial charge >= 0.3 is 0 Å². The Bertz CT molecular complexity index is 394. The molecular formula is C12H18BrClN4. The van der Waals surface area contributed by atoms with Gasteiger partial charge in [-0.15, -0.1) is 0 Å². The number of nitrogens with zero attached hydrogens (tertiary/aromatic N) is 3. The Labute approximate surface area is 121 Å². The van der Waals surface area contributed by atoms with E-state index in [1.165, 1.54) is 38.7 Å². The normalized spacial score (nSPS) is 17.9. The van der Waals surface area contributed by atoms with Crippen LogP contribution in [-0.2, 0) is 0 Å². The van der Waals surface area contributed by atoms with E-state index in [0.29, 0.717) is 5.15 Å². The molecule has 1 aromatic heterocycles. The predicted molar refractivity (Wildman–Crippen MR) is 78.1 cm³/mol. The van der Waals surface area contributed by atoms with E-state index < -0.39 is 0 Å². The van der Waals surface area contributed by atoms with Crippen molar-refractivity contribution in [3.05, 3.63) is 16.0 Å². The van der Waals surface area contributed by atoms with Crippen molar-refractivity contribution in [3.8, 4) is 0 Å². The summed E-state index contributed by atoms with van der Waals surface area (Å²) in [5.74, 6) is 1.60. The van der Waals surface area contributed by atoms with Crippen LogP contribution in [-0.4, -0.2) is 41.5 Å². The molecule has 1 saturated heterocycles. The predicted octanol–water partition coefficient (Wildman–Crippen LogP) is 3.04. The highest BCUT2D eigenvalue weighted by Gasteiger charge is 2.16. The van der Waals surface area contributed by atoms with Crippen LogP contribution in [0.1, 0.15) is 19.3 Å². The molecule has 18 heavy (non-hydrogen) atoms. The number of piperidine rings is 1. The zero-order valence-electron chi connectivity index (χ0n) is 10.5. The minimum absolute atomic E-state index is 0.451. The van der Waals surface area contributed by atoms with E-state index in [-0.39, 0.29) is 0 Å². The zero-order valence-corrected chi connectivity index (χ0v) is 12.8. The number of aromatic nitrogens is 2. The van der Waals surface area contributed by atoms with Crippen LogP contribution in [0, 0.1) is 5.92 Å². The molecule has 0 unspecified atom stereocenters. The summed E-state index contributed by atoms with van der Waals surface area (Å²) in [4.78, 5) is 10.5. The van der Waals surface area contributed by atoms with Crippen molar-refractivity contribution < 1.29 is 0 Å². The van der Waals surface area contributed by atoms with Gasteiger partial charge in [-0.1, -0.05) is 11.6 Å². The summed E-state index contributed by atoms with van der Waals surface area (Å²) in [5, 5.41) is 3.77. The topological polar surface area (TPSA) is 41.0 Å². The summed E-state index contributed by atoms with van der Waals surface area (Å²) in [6.45, 7) is 3.36. The second-order valence-electron chi connectivity index (χ2n) is 4.79. The van der Waals surface area contributed by atoms with E-state index >= 15 is 0 Å². The molecule has 1 aliphatic rings. The monoisotopic (exact) mass is 332 g/mol. The average Bonchev–Trinajstić information content (AvgIpc) is 2.37. The SMILES string of the molecule is CN1CCC(CCNc2ncnc(Cl)c2Br)CC1. The molecule has 1 aromatic rings. The number of likely N-dealkylation sites (tertiary alicyclic amines) is 1. The first-order valence-corrected chi connectivity index (χ1v) is 7.42. The van der Waals surface area contributed by atoms with E-state index in [4.69, 9.17) is 11.6 Å². The van der Waals surface area contributed by atoms with E-state index in [1.54, 1.807) is 0 Å². The Balaban J connectivity index is 1.77. The molecule has 0 spiro atoms. The zero-order chi connectivity index (χ0) is 13.0. The fourth-order valence-electron chi connectivity index (χ4n) is 2.22. The van der Waals surface area contributed by atoms with E-state index in [1.807, 2.05) is 0 Å². The lowest BCUT2D eigenvalue weighted by Gasteiger charge is -2.28. The van der Waals surface area contributed by atoms with Crippen LogP contribution in [0.2, 0.25) is 5.15 Å². The molecule has 0 saturated carbocycles. The van der Waals surface area contributed by atoms with E-state index in [9.17, 15) is 0 Å². The van der Waals surface area contributed by atoms with Crippen molar-refractivity contribution in [1.29, 1.82) is 0 Å². The maximum atomic E-state index is 5.91. The fraction of sp³-hybridized carbons (Fsp3) is 0.667. The third-order valence-electron chi connectivity index (χ3n) is 3.43. The van der Waals surface area contributed by atoms with Gasteiger partial charge in [-0.25, -0.2) is 9.97 Å². The molecule has 2 rings (SSSR count). The third-order valence-corrected chi connectivity index (χ3v) is 4.70. The third kappa shape index (κ3) is 3.80. The van der Waals surface area contributed by atoms with Gasteiger partial charge in [-0.2, -0.15) is 0 Å². The lowest BCUT2D eigenvalue weighted by Crippen LogP contribution is -2.30. The number of hydrogen-bond donors (Lipinski definition) is 1. The Morgan fingerprint density at radius 1 is 1.44 bits per heavy atom. The van der Waals surface area contributed by atoms with Gasteiger partial charge in [0.2, 0.25) is 0 Å². The number of hydrogen-bond acceptors (Lipinski definition) is 4. The first-order chi connectivity index (χ1) is 8.66. The molecular weight excluding hydrogens is 316 g/mol. The second-order valence-corrected chi connectivity index (χ2v) is 5.94. The summed E-state index contributed by atoms with van der Waals surface area (Å²) < 4.78 is 0.745. The number of anilines is 1. The molecule has 6 heteroatoms. The highest BCUT2D eigenvalue weighted by Crippen LogP contribution is 2.26. The quantitative estimate of drug-likeness (QED) is 0.860. The molecule has 4 nitrogen and oxygen atoms in total. The number of rotatable bonds is 4. The lowest BCUT2D eigenvalue weighted by atomic mass is 9.94. The Hall–Kier alpha value is -0.390. The van der Waals surface area contributed by atoms with Gasteiger partial charge in [0.15, 0.2) is 0 Å².